The highest BCUT2D eigenvalue weighted by molar-refractivity contribution is 9.13. The fourth-order valence-electron chi connectivity index (χ4n) is 7.45. The Morgan fingerprint density at radius 3 is 1.82 bits per heavy atom. The minimum absolute atomic E-state index is 0.187. The molecule has 0 aromatic carbocycles. The predicted octanol–water partition coefficient (Wildman–Crippen LogP) is 13.3. The van der Waals surface area contributed by atoms with Gasteiger partial charge < -0.3 is 10.2 Å². The zero-order valence-corrected chi connectivity index (χ0v) is 35.6. The summed E-state index contributed by atoms with van der Waals surface area (Å²) in [6, 6.07) is -0.268. The van der Waals surface area contributed by atoms with Crippen molar-refractivity contribution in [2.24, 2.45) is 0 Å². The number of unbranched alkanes of at least 4 members (excludes halogenated alkanes) is 18. The Bertz CT molecular complexity index is 1320. The third-order valence-electron chi connectivity index (χ3n) is 10.4. The molecule has 0 aliphatic carbocycles. The van der Waals surface area contributed by atoms with Crippen LogP contribution in [0, 0.1) is 0 Å². The van der Waals surface area contributed by atoms with Crippen LogP contribution in [0.3, 0.4) is 0 Å². The standard InChI is InChI=1S/C42H62Br2N2O2S2/c1-3-5-7-9-11-13-15-17-19-21-23-33-30-45-41(48)42(36(32-47)29-38(49)37(33)25-26-43)39-27-35(28-40(44)50)34(31-46(39)42)24-22-20-18-16-14-12-10-8-6-4-2/h25-32,39,49-50H,3-24H2,1-2H3,(H,45,48)/b26-25+,33-30-,36-29+,38-37-,40-28-. The Hall–Kier alpha value is -1.22. The van der Waals surface area contributed by atoms with E-state index in [9.17, 15) is 9.59 Å². The molecule has 3 rings (SSSR count). The first-order chi connectivity index (χ1) is 24.3. The zero-order valence-electron chi connectivity index (χ0n) is 30.7. The van der Waals surface area contributed by atoms with Gasteiger partial charge in [-0.15, -0.1) is 25.3 Å². The smallest absolute Gasteiger partial charge is 0.257 e. The first-order valence-corrected chi connectivity index (χ1v) is 22.1. The van der Waals surface area contributed by atoms with Gasteiger partial charge in [0.1, 0.15) is 6.29 Å². The van der Waals surface area contributed by atoms with Crippen molar-refractivity contribution in [2.45, 2.75) is 167 Å². The third-order valence-corrected chi connectivity index (χ3v) is 11.4. The van der Waals surface area contributed by atoms with E-state index in [4.69, 9.17) is 12.6 Å². The maximum Gasteiger partial charge on any atom is 0.257 e. The minimum Gasteiger partial charge on any atom is -0.348 e. The summed E-state index contributed by atoms with van der Waals surface area (Å²) in [6.07, 6.45) is 40.0. The first-order valence-electron chi connectivity index (χ1n) is 19.5. The predicted molar refractivity (Wildman–Crippen MR) is 228 cm³/mol. The van der Waals surface area contributed by atoms with Gasteiger partial charge in [-0.2, -0.15) is 0 Å². The molecule has 1 N–H and O–H groups in total. The summed E-state index contributed by atoms with van der Waals surface area (Å²) in [5.41, 5.74) is 3.45. The second-order valence-electron chi connectivity index (χ2n) is 14.2. The van der Waals surface area contributed by atoms with Crippen LogP contribution in [0.15, 0.2) is 78.3 Å². The van der Waals surface area contributed by atoms with Crippen LogP contribution in [0.25, 0.3) is 0 Å². The van der Waals surface area contributed by atoms with Gasteiger partial charge in [-0.05, 0) is 87.1 Å². The van der Waals surface area contributed by atoms with Crippen molar-refractivity contribution in [3.63, 3.8) is 0 Å². The number of hydrogen-bond donors (Lipinski definition) is 3. The molecule has 1 spiro atoms. The second kappa shape index (κ2) is 24.2. The van der Waals surface area contributed by atoms with E-state index >= 15 is 0 Å². The number of hydrogen-bond acceptors (Lipinski definition) is 5. The average Bonchev–Trinajstić information content (AvgIpc) is 3.74. The molecule has 1 saturated heterocycles. The van der Waals surface area contributed by atoms with Gasteiger partial charge in [0.05, 0.1) is 6.04 Å². The number of aldehydes is 1. The molecule has 4 nitrogen and oxygen atoms in total. The Kier molecular flexibility index (Phi) is 20.9. The van der Waals surface area contributed by atoms with Crippen molar-refractivity contribution in [3.05, 3.63) is 78.3 Å². The summed E-state index contributed by atoms with van der Waals surface area (Å²) in [4.78, 5) is 31.6. The quantitative estimate of drug-likeness (QED) is 0.0371. The van der Waals surface area contributed by atoms with Crippen molar-refractivity contribution in [3.8, 4) is 0 Å². The van der Waals surface area contributed by atoms with Crippen molar-refractivity contribution < 1.29 is 9.59 Å². The third kappa shape index (κ3) is 13.0. The van der Waals surface area contributed by atoms with Crippen LogP contribution in [-0.4, -0.2) is 28.7 Å². The topological polar surface area (TPSA) is 49.2 Å². The van der Waals surface area contributed by atoms with E-state index in [1.165, 1.54) is 115 Å². The fourth-order valence-corrected chi connectivity index (χ4v) is 8.46. The van der Waals surface area contributed by atoms with Crippen LogP contribution in [0.1, 0.15) is 155 Å². The number of nitrogens with one attached hydrogen (secondary N) is 1. The van der Waals surface area contributed by atoms with Crippen LogP contribution < -0.4 is 5.32 Å². The molecule has 0 radical (unpaired) electrons. The molecule has 3 aliphatic rings. The highest BCUT2D eigenvalue weighted by Crippen LogP contribution is 2.53. The highest BCUT2D eigenvalue weighted by Gasteiger charge is 2.69. The average molecular weight is 851 g/mol. The molecule has 0 aromatic rings. The van der Waals surface area contributed by atoms with Gasteiger partial charge in [-0.3, -0.25) is 9.59 Å². The minimum atomic E-state index is -1.12. The van der Waals surface area contributed by atoms with E-state index < -0.39 is 5.54 Å². The SMILES string of the molecule is CCCCCCCCCCCCC1=CN2C(C=C1/C=C(\S)Br)C21C(=O)N/C=C(/CCCCCCCCCCCC)C(/C=C/Br)=C(S)/C=C/1C=O. The summed E-state index contributed by atoms with van der Waals surface area (Å²) in [6.45, 7) is 4.53. The maximum absolute atomic E-state index is 14.2. The Morgan fingerprint density at radius 1 is 0.840 bits per heavy atom. The molecule has 1 fully saturated rings. The number of rotatable bonds is 25. The molecule has 278 valence electrons. The Labute approximate surface area is 332 Å². The van der Waals surface area contributed by atoms with E-state index in [2.05, 4.69) is 80.8 Å². The van der Waals surface area contributed by atoms with E-state index in [1.54, 1.807) is 0 Å². The molecular formula is C42H62Br2N2O2S2. The Balaban J connectivity index is 1.71. The summed E-state index contributed by atoms with van der Waals surface area (Å²) in [7, 11) is 0. The molecule has 50 heavy (non-hydrogen) atoms. The van der Waals surface area contributed by atoms with Crippen LogP contribution in [0.2, 0.25) is 0 Å². The number of thiol groups is 2. The van der Waals surface area contributed by atoms with E-state index in [1.807, 2.05) is 29.4 Å². The highest BCUT2D eigenvalue weighted by atomic mass is 79.9. The van der Waals surface area contributed by atoms with Gasteiger partial charge in [-0.1, -0.05) is 151 Å². The number of carbonyl (C=O) groups is 2. The monoisotopic (exact) mass is 848 g/mol. The summed E-state index contributed by atoms with van der Waals surface area (Å²) in [5.74, 6) is -0.187. The van der Waals surface area contributed by atoms with Gasteiger partial charge in [0.15, 0.2) is 5.54 Å². The van der Waals surface area contributed by atoms with Gasteiger partial charge >= 0.3 is 0 Å². The number of nitrogens with zero attached hydrogens (tertiary/aromatic N) is 1. The molecule has 0 saturated carbocycles. The van der Waals surface area contributed by atoms with Gasteiger partial charge in [-0.25, -0.2) is 0 Å². The van der Waals surface area contributed by atoms with Crippen LogP contribution in [-0.2, 0) is 9.59 Å². The molecule has 2 unspecified atom stereocenters. The number of halogens is 2. The lowest BCUT2D eigenvalue weighted by Crippen LogP contribution is -2.40. The molecule has 8 heteroatoms. The second-order valence-corrected chi connectivity index (χ2v) is 17.1. The van der Waals surface area contributed by atoms with Crippen molar-refractivity contribution >= 4 is 69.3 Å². The lowest BCUT2D eigenvalue weighted by Gasteiger charge is -2.17. The van der Waals surface area contributed by atoms with Gasteiger partial charge in [0.25, 0.3) is 5.91 Å². The lowest BCUT2D eigenvalue weighted by atomic mass is 9.91. The van der Waals surface area contributed by atoms with Gasteiger partial charge in [0, 0.05) is 26.7 Å². The number of amides is 1. The summed E-state index contributed by atoms with van der Waals surface area (Å²) in [5, 5.41) is 3.14. The number of allylic oxidation sites excluding steroid dienone is 7. The van der Waals surface area contributed by atoms with Gasteiger partial charge in [0.2, 0.25) is 0 Å². The van der Waals surface area contributed by atoms with Crippen LogP contribution >= 0.6 is 57.1 Å². The molecule has 2 atom stereocenters. The van der Waals surface area contributed by atoms with Crippen LogP contribution in [0.5, 0.6) is 0 Å². The largest absolute Gasteiger partial charge is 0.348 e. The normalized spacial score (nSPS) is 24.4. The fraction of sp³-hybridized carbons (Fsp3) is 0.619. The van der Waals surface area contributed by atoms with Crippen molar-refractivity contribution in [2.75, 3.05) is 0 Å². The molecule has 0 bridgehead atoms. The van der Waals surface area contributed by atoms with E-state index in [-0.39, 0.29) is 11.9 Å². The van der Waals surface area contributed by atoms with E-state index in [0.29, 0.717) is 10.5 Å². The Morgan fingerprint density at radius 2 is 1.34 bits per heavy atom. The zero-order chi connectivity index (χ0) is 36.2. The van der Waals surface area contributed by atoms with E-state index in [0.717, 1.165) is 58.9 Å². The first kappa shape index (κ1) is 43.2. The molecule has 3 heterocycles. The lowest BCUT2D eigenvalue weighted by molar-refractivity contribution is -0.123. The number of carbonyl (C=O) groups excluding carboxylic acids is 2. The summed E-state index contributed by atoms with van der Waals surface area (Å²) < 4.78 is 0.734. The van der Waals surface area contributed by atoms with Crippen molar-refractivity contribution in [1.82, 2.24) is 10.2 Å². The number of fused-ring (bicyclic) bond motifs is 3. The molecule has 0 aromatic heterocycles. The molecule has 1 amide bonds. The van der Waals surface area contributed by atoms with Crippen molar-refractivity contribution in [1.29, 1.82) is 0 Å². The summed E-state index contributed by atoms with van der Waals surface area (Å²) >= 11 is 16.4. The molecule has 3 aliphatic heterocycles. The molecular weight excluding hydrogens is 788 g/mol. The van der Waals surface area contributed by atoms with Crippen LogP contribution in [0.4, 0.5) is 0 Å². The maximum atomic E-state index is 14.2.